The fourth-order valence-corrected chi connectivity index (χ4v) is 8.23. The SMILES string of the molecule is CCCCC/C=C\C/C=C\CCCCCCCCCC(=O)OC(CCCCCCCCCCCCCCCC)CC(=O)NC(CO)C(O)CCCCCCCCCCCC. The largest absolute Gasteiger partial charge is 0.462 e. The van der Waals surface area contributed by atoms with Gasteiger partial charge < -0.3 is 20.3 Å². The highest BCUT2D eigenvalue weighted by Crippen LogP contribution is 2.18. The molecule has 3 N–H and O–H groups in total. The molecule has 0 saturated heterocycles. The first kappa shape index (κ1) is 58.3. The lowest BCUT2D eigenvalue weighted by atomic mass is 10.0. The molecule has 6 heteroatoms. The van der Waals surface area contributed by atoms with Crippen molar-refractivity contribution in [1.29, 1.82) is 0 Å². The van der Waals surface area contributed by atoms with E-state index >= 15 is 0 Å². The van der Waals surface area contributed by atoms with Crippen LogP contribution in [0, 0.1) is 0 Å². The third kappa shape index (κ3) is 43.0. The number of ether oxygens (including phenoxy) is 1. The average Bonchev–Trinajstić information content (AvgIpc) is 3.24. The van der Waals surface area contributed by atoms with E-state index in [2.05, 4.69) is 50.4 Å². The van der Waals surface area contributed by atoms with Crippen LogP contribution in [0.3, 0.4) is 0 Å². The number of carbonyl (C=O) groups is 2. The van der Waals surface area contributed by atoms with Gasteiger partial charge in [-0.3, -0.25) is 9.59 Å². The second-order valence-electron chi connectivity index (χ2n) is 18.3. The lowest BCUT2D eigenvalue weighted by Gasteiger charge is -2.24. The highest BCUT2D eigenvalue weighted by molar-refractivity contribution is 5.77. The summed E-state index contributed by atoms with van der Waals surface area (Å²) in [6, 6.07) is -0.697. The number of allylic oxidation sites excluding steroid dienone is 4. The molecule has 0 fully saturated rings. The third-order valence-electron chi connectivity index (χ3n) is 12.3. The molecule has 6 nitrogen and oxygen atoms in total. The number of nitrogens with one attached hydrogen (secondary N) is 1. The zero-order valence-electron chi connectivity index (χ0n) is 40.4. The molecule has 0 rings (SSSR count). The van der Waals surface area contributed by atoms with Crippen LogP contribution < -0.4 is 5.32 Å². The summed E-state index contributed by atoms with van der Waals surface area (Å²) in [5.41, 5.74) is 0. The van der Waals surface area contributed by atoms with Crippen LogP contribution in [0.25, 0.3) is 0 Å². The molecule has 354 valence electrons. The third-order valence-corrected chi connectivity index (χ3v) is 12.3. The molecule has 0 radical (unpaired) electrons. The summed E-state index contributed by atoms with van der Waals surface area (Å²) in [5, 5.41) is 23.7. The van der Waals surface area contributed by atoms with E-state index in [1.165, 1.54) is 180 Å². The zero-order chi connectivity index (χ0) is 43.8. The Morgan fingerprint density at radius 3 is 1.30 bits per heavy atom. The maximum absolute atomic E-state index is 13.2. The summed E-state index contributed by atoms with van der Waals surface area (Å²) in [6.07, 6.45) is 55.2. The van der Waals surface area contributed by atoms with Crippen molar-refractivity contribution in [3.63, 3.8) is 0 Å². The van der Waals surface area contributed by atoms with Crippen LogP contribution in [0.2, 0.25) is 0 Å². The molecule has 60 heavy (non-hydrogen) atoms. The minimum Gasteiger partial charge on any atom is -0.462 e. The zero-order valence-corrected chi connectivity index (χ0v) is 40.4. The van der Waals surface area contributed by atoms with Crippen LogP contribution in [-0.4, -0.2) is 46.9 Å². The first-order chi connectivity index (χ1) is 29.5. The van der Waals surface area contributed by atoms with E-state index in [1.54, 1.807) is 0 Å². The van der Waals surface area contributed by atoms with Gasteiger partial charge in [-0.15, -0.1) is 0 Å². The molecule has 0 aromatic heterocycles. The van der Waals surface area contributed by atoms with E-state index in [-0.39, 0.29) is 24.9 Å². The predicted molar refractivity (Wildman–Crippen MR) is 260 cm³/mol. The molecule has 0 aliphatic rings. The standard InChI is InChI=1S/C54H103NO5/c1-4-7-10-13-16-19-22-24-26-27-28-30-32-35-38-41-44-47-54(59)60-50(45-42-39-36-33-31-29-25-23-20-17-14-11-8-5-2)48-53(58)55-51(49-56)52(57)46-43-40-37-34-21-18-15-12-9-6-3/h16,19,24,26,50-52,56-57H,4-15,17-18,20-23,25,27-49H2,1-3H3,(H,55,58)/b19-16-,26-24-. The number of rotatable bonds is 48. The van der Waals surface area contributed by atoms with E-state index in [0.29, 0.717) is 19.3 Å². The Labute approximate surface area is 373 Å². The van der Waals surface area contributed by atoms with Gasteiger partial charge in [-0.1, -0.05) is 238 Å². The Hall–Kier alpha value is -1.66. The van der Waals surface area contributed by atoms with Crippen molar-refractivity contribution in [2.75, 3.05) is 6.61 Å². The summed E-state index contributed by atoms with van der Waals surface area (Å²) >= 11 is 0. The van der Waals surface area contributed by atoms with Crippen molar-refractivity contribution in [1.82, 2.24) is 5.32 Å². The molecule has 3 unspecified atom stereocenters. The minimum atomic E-state index is -0.783. The fraction of sp³-hybridized carbons (Fsp3) is 0.889. The fourth-order valence-electron chi connectivity index (χ4n) is 8.23. The van der Waals surface area contributed by atoms with E-state index in [9.17, 15) is 19.8 Å². The number of hydrogen-bond donors (Lipinski definition) is 3. The van der Waals surface area contributed by atoms with E-state index in [1.807, 2.05) is 0 Å². The molecule has 0 aliphatic heterocycles. The number of carbonyl (C=O) groups excluding carboxylic acids is 2. The Morgan fingerprint density at radius 2 is 0.850 bits per heavy atom. The number of hydrogen-bond acceptors (Lipinski definition) is 5. The van der Waals surface area contributed by atoms with Crippen molar-refractivity contribution < 1.29 is 24.5 Å². The smallest absolute Gasteiger partial charge is 0.306 e. The van der Waals surface area contributed by atoms with Crippen LogP contribution in [0.4, 0.5) is 0 Å². The second kappa shape index (κ2) is 48.4. The maximum atomic E-state index is 13.2. The lowest BCUT2D eigenvalue weighted by Crippen LogP contribution is -2.46. The molecule has 1 amide bonds. The van der Waals surface area contributed by atoms with Crippen molar-refractivity contribution in [3.8, 4) is 0 Å². The van der Waals surface area contributed by atoms with Gasteiger partial charge in [-0.05, 0) is 57.8 Å². The van der Waals surface area contributed by atoms with E-state index < -0.39 is 18.2 Å². The Kier molecular flexibility index (Phi) is 47.0. The van der Waals surface area contributed by atoms with Gasteiger partial charge in [0.15, 0.2) is 0 Å². The maximum Gasteiger partial charge on any atom is 0.306 e. The number of amides is 1. The van der Waals surface area contributed by atoms with Crippen molar-refractivity contribution in [2.24, 2.45) is 0 Å². The van der Waals surface area contributed by atoms with E-state index in [0.717, 1.165) is 57.8 Å². The monoisotopic (exact) mass is 846 g/mol. The second-order valence-corrected chi connectivity index (χ2v) is 18.3. The van der Waals surface area contributed by atoms with Crippen LogP contribution in [0.1, 0.15) is 284 Å². The molecule has 0 aromatic carbocycles. The average molecular weight is 846 g/mol. The van der Waals surface area contributed by atoms with Crippen molar-refractivity contribution in [2.45, 2.75) is 302 Å². The minimum absolute atomic E-state index is 0.0800. The number of aliphatic hydroxyl groups is 2. The number of unbranched alkanes of at least 4 members (excludes halogenated alkanes) is 32. The molecule has 0 aliphatic carbocycles. The van der Waals surface area contributed by atoms with Gasteiger partial charge in [0.05, 0.1) is 25.2 Å². The molecule has 3 atom stereocenters. The summed E-state index contributed by atoms with van der Waals surface area (Å²) in [6.45, 7) is 6.47. The van der Waals surface area contributed by atoms with E-state index in [4.69, 9.17) is 4.74 Å². The van der Waals surface area contributed by atoms with Gasteiger partial charge in [0.25, 0.3) is 0 Å². The highest BCUT2D eigenvalue weighted by atomic mass is 16.5. The summed E-state index contributed by atoms with van der Waals surface area (Å²) in [5.74, 6) is -0.468. The lowest BCUT2D eigenvalue weighted by molar-refractivity contribution is -0.151. The number of aliphatic hydroxyl groups excluding tert-OH is 2. The van der Waals surface area contributed by atoms with Crippen LogP contribution in [0.5, 0.6) is 0 Å². The molecule has 0 spiro atoms. The first-order valence-corrected chi connectivity index (χ1v) is 26.6. The molecule has 0 saturated carbocycles. The van der Waals surface area contributed by atoms with Gasteiger partial charge in [-0.25, -0.2) is 0 Å². The topological polar surface area (TPSA) is 95.9 Å². The quantitative estimate of drug-likeness (QED) is 0.0322. The normalized spacial score (nSPS) is 13.3. The summed E-state index contributed by atoms with van der Waals surface area (Å²) < 4.78 is 5.94. The molecular weight excluding hydrogens is 743 g/mol. The van der Waals surface area contributed by atoms with Gasteiger partial charge >= 0.3 is 5.97 Å². The molecule has 0 aromatic rings. The predicted octanol–water partition coefficient (Wildman–Crippen LogP) is 15.9. The Balaban J connectivity index is 4.54. The summed E-state index contributed by atoms with van der Waals surface area (Å²) in [4.78, 5) is 26.2. The Morgan fingerprint density at radius 1 is 0.483 bits per heavy atom. The summed E-state index contributed by atoms with van der Waals surface area (Å²) in [7, 11) is 0. The number of esters is 1. The van der Waals surface area contributed by atoms with Gasteiger partial charge in [0, 0.05) is 6.42 Å². The van der Waals surface area contributed by atoms with Crippen molar-refractivity contribution >= 4 is 11.9 Å². The van der Waals surface area contributed by atoms with Crippen LogP contribution in [0.15, 0.2) is 24.3 Å². The van der Waals surface area contributed by atoms with Crippen LogP contribution >= 0.6 is 0 Å². The Bertz CT molecular complexity index is 950. The molecule has 0 bridgehead atoms. The highest BCUT2D eigenvalue weighted by Gasteiger charge is 2.24. The van der Waals surface area contributed by atoms with Gasteiger partial charge in [0.2, 0.25) is 5.91 Å². The van der Waals surface area contributed by atoms with Crippen LogP contribution in [-0.2, 0) is 14.3 Å². The molecular formula is C54H103NO5. The first-order valence-electron chi connectivity index (χ1n) is 26.6. The van der Waals surface area contributed by atoms with Gasteiger partial charge in [-0.2, -0.15) is 0 Å². The van der Waals surface area contributed by atoms with Gasteiger partial charge in [0.1, 0.15) is 6.10 Å². The van der Waals surface area contributed by atoms with Crippen molar-refractivity contribution in [3.05, 3.63) is 24.3 Å². The molecule has 0 heterocycles.